The van der Waals surface area contributed by atoms with E-state index in [4.69, 9.17) is 9.84 Å². The molecule has 0 heterocycles. The molecule has 0 bridgehead atoms. The summed E-state index contributed by atoms with van der Waals surface area (Å²) in [7, 11) is 1.72. The van der Waals surface area contributed by atoms with Crippen LogP contribution in [0, 0.1) is 5.92 Å². The van der Waals surface area contributed by atoms with Gasteiger partial charge in [-0.1, -0.05) is 37.3 Å². The molecule has 1 aromatic rings. The Labute approximate surface area is 104 Å². The van der Waals surface area contributed by atoms with Crippen LogP contribution in [0.2, 0.25) is 0 Å². The van der Waals surface area contributed by atoms with Crippen molar-refractivity contribution in [2.75, 3.05) is 26.9 Å². The third kappa shape index (κ3) is 5.31. The van der Waals surface area contributed by atoms with Crippen LogP contribution >= 0.6 is 0 Å². The maximum Gasteiger partial charge on any atom is 0.0657 e. The van der Waals surface area contributed by atoms with Crippen LogP contribution < -0.4 is 5.32 Å². The van der Waals surface area contributed by atoms with E-state index < -0.39 is 0 Å². The number of methoxy groups -OCH3 is 1. The molecule has 0 saturated carbocycles. The topological polar surface area (TPSA) is 41.5 Å². The van der Waals surface area contributed by atoms with Crippen LogP contribution in [0.5, 0.6) is 0 Å². The predicted molar refractivity (Wildman–Crippen MR) is 69.9 cm³/mol. The second-order valence-electron chi connectivity index (χ2n) is 4.44. The first kappa shape index (κ1) is 14.2. The van der Waals surface area contributed by atoms with Gasteiger partial charge >= 0.3 is 0 Å². The minimum Gasteiger partial charge on any atom is -0.396 e. The lowest BCUT2D eigenvalue weighted by molar-refractivity contribution is 0.163. The van der Waals surface area contributed by atoms with E-state index >= 15 is 0 Å². The lowest BCUT2D eigenvalue weighted by Crippen LogP contribution is -2.29. The summed E-state index contributed by atoms with van der Waals surface area (Å²) in [6.45, 7) is 3.94. The monoisotopic (exact) mass is 237 g/mol. The zero-order valence-electron chi connectivity index (χ0n) is 10.7. The Morgan fingerprint density at radius 2 is 2.00 bits per heavy atom. The Bertz CT molecular complexity index is 290. The zero-order chi connectivity index (χ0) is 12.5. The highest BCUT2D eigenvalue weighted by Gasteiger charge is 2.11. The molecule has 0 amide bonds. The summed E-state index contributed by atoms with van der Waals surface area (Å²) in [4.78, 5) is 0. The van der Waals surface area contributed by atoms with Gasteiger partial charge in [-0.2, -0.15) is 0 Å². The van der Waals surface area contributed by atoms with Crippen LogP contribution in [-0.4, -0.2) is 32.0 Å². The summed E-state index contributed by atoms with van der Waals surface area (Å²) < 4.78 is 5.24. The van der Waals surface area contributed by atoms with E-state index in [0.29, 0.717) is 12.5 Å². The standard InChI is InChI=1S/C14H23NO2/c1-12(8-9-16)10-15-14(11-17-2)13-6-4-3-5-7-13/h3-7,12,14-16H,8-11H2,1-2H3. The van der Waals surface area contributed by atoms with Crippen molar-refractivity contribution >= 4 is 0 Å². The number of hydrogen-bond acceptors (Lipinski definition) is 3. The molecule has 0 aliphatic heterocycles. The van der Waals surface area contributed by atoms with Gasteiger partial charge in [0.1, 0.15) is 0 Å². The number of nitrogens with one attached hydrogen (secondary N) is 1. The largest absolute Gasteiger partial charge is 0.396 e. The van der Waals surface area contributed by atoms with Gasteiger partial charge in [0, 0.05) is 13.7 Å². The van der Waals surface area contributed by atoms with Gasteiger partial charge in [-0.3, -0.25) is 0 Å². The molecule has 2 N–H and O–H groups in total. The average molecular weight is 237 g/mol. The highest BCUT2D eigenvalue weighted by Crippen LogP contribution is 2.13. The van der Waals surface area contributed by atoms with E-state index in [1.165, 1.54) is 5.56 Å². The Balaban J connectivity index is 2.49. The van der Waals surface area contributed by atoms with E-state index in [2.05, 4.69) is 24.4 Å². The number of aliphatic hydroxyl groups excluding tert-OH is 1. The molecule has 0 aromatic heterocycles. The lowest BCUT2D eigenvalue weighted by atomic mass is 10.1. The summed E-state index contributed by atoms with van der Waals surface area (Å²) in [6.07, 6.45) is 0.835. The Morgan fingerprint density at radius 3 is 2.59 bits per heavy atom. The summed E-state index contributed by atoms with van der Waals surface area (Å²) in [6, 6.07) is 10.5. The van der Waals surface area contributed by atoms with Crippen molar-refractivity contribution in [3.8, 4) is 0 Å². The molecule has 0 saturated heterocycles. The van der Waals surface area contributed by atoms with E-state index in [9.17, 15) is 0 Å². The van der Waals surface area contributed by atoms with Crippen LogP contribution in [0.3, 0.4) is 0 Å². The van der Waals surface area contributed by atoms with E-state index in [-0.39, 0.29) is 12.6 Å². The van der Waals surface area contributed by atoms with Gasteiger partial charge in [0.15, 0.2) is 0 Å². The molecule has 0 fully saturated rings. The van der Waals surface area contributed by atoms with Crippen molar-refractivity contribution in [3.63, 3.8) is 0 Å². The number of rotatable bonds is 8. The predicted octanol–water partition coefficient (Wildman–Crippen LogP) is 1.98. The fraction of sp³-hybridized carbons (Fsp3) is 0.571. The van der Waals surface area contributed by atoms with Crippen molar-refractivity contribution in [1.82, 2.24) is 5.32 Å². The molecule has 17 heavy (non-hydrogen) atoms. The highest BCUT2D eigenvalue weighted by atomic mass is 16.5. The maximum absolute atomic E-state index is 8.87. The first-order valence-electron chi connectivity index (χ1n) is 6.16. The van der Waals surface area contributed by atoms with Crippen LogP contribution in [0.15, 0.2) is 30.3 Å². The number of benzene rings is 1. The van der Waals surface area contributed by atoms with Crippen LogP contribution in [-0.2, 0) is 4.74 Å². The zero-order valence-corrected chi connectivity index (χ0v) is 10.7. The normalized spacial score (nSPS) is 14.5. The molecular formula is C14H23NO2. The lowest BCUT2D eigenvalue weighted by Gasteiger charge is -2.20. The molecular weight excluding hydrogens is 214 g/mol. The third-order valence-electron chi connectivity index (χ3n) is 2.87. The summed E-state index contributed by atoms with van der Waals surface area (Å²) >= 11 is 0. The van der Waals surface area contributed by atoms with E-state index in [1.807, 2.05) is 18.2 Å². The van der Waals surface area contributed by atoms with E-state index in [1.54, 1.807) is 7.11 Å². The fourth-order valence-corrected chi connectivity index (χ4v) is 1.79. The van der Waals surface area contributed by atoms with Gasteiger partial charge < -0.3 is 15.2 Å². The van der Waals surface area contributed by atoms with Crippen molar-refractivity contribution in [3.05, 3.63) is 35.9 Å². The molecule has 1 aromatic carbocycles. The number of ether oxygens (including phenoxy) is 1. The molecule has 0 spiro atoms. The average Bonchev–Trinajstić information content (AvgIpc) is 2.36. The summed E-state index contributed by atoms with van der Waals surface area (Å²) in [5.74, 6) is 0.475. The van der Waals surface area contributed by atoms with Crippen molar-refractivity contribution in [2.45, 2.75) is 19.4 Å². The van der Waals surface area contributed by atoms with Crippen molar-refractivity contribution in [1.29, 1.82) is 0 Å². The SMILES string of the molecule is COCC(NCC(C)CCO)c1ccccc1. The smallest absolute Gasteiger partial charge is 0.0657 e. The van der Waals surface area contributed by atoms with Gasteiger partial charge in [-0.25, -0.2) is 0 Å². The Morgan fingerprint density at radius 1 is 1.29 bits per heavy atom. The van der Waals surface area contributed by atoms with Crippen molar-refractivity contribution < 1.29 is 9.84 Å². The minimum atomic E-state index is 0.224. The summed E-state index contributed by atoms with van der Waals surface area (Å²) in [5, 5.41) is 12.4. The second kappa shape index (κ2) is 8.23. The first-order chi connectivity index (χ1) is 8.27. The fourth-order valence-electron chi connectivity index (χ4n) is 1.79. The van der Waals surface area contributed by atoms with Gasteiger partial charge in [-0.05, 0) is 24.4 Å². The molecule has 3 nitrogen and oxygen atoms in total. The Kier molecular flexibility index (Phi) is 6.86. The van der Waals surface area contributed by atoms with E-state index in [0.717, 1.165) is 13.0 Å². The minimum absolute atomic E-state index is 0.224. The molecule has 96 valence electrons. The summed E-state index contributed by atoms with van der Waals surface area (Å²) in [5.41, 5.74) is 1.24. The molecule has 3 heteroatoms. The molecule has 2 unspecified atom stereocenters. The molecule has 1 rings (SSSR count). The second-order valence-corrected chi connectivity index (χ2v) is 4.44. The van der Waals surface area contributed by atoms with Crippen LogP contribution in [0.25, 0.3) is 0 Å². The van der Waals surface area contributed by atoms with Gasteiger partial charge in [0.05, 0.1) is 12.6 Å². The van der Waals surface area contributed by atoms with Crippen molar-refractivity contribution in [2.24, 2.45) is 5.92 Å². The molecule has 2 atom stereocenters. The molecule has 0 radical (unpaired) electrons. The van der Waals surface area contributed by atoms with Crippen LogP contribution in [0.4, 0.5) is 0 Å². The quantitative estimate of drug-likeness (QED) is 0.726. The number of hydrogen-bond donors (Lipinski definition) is 2. The Hall–Kier alpha value is -0.900. The van der Waals surface area contributed by atoms with Gasteiger partial charge in [0.25, 0.3) is 0 Å². The maximum atomic E-state index is 8.87. The molecule has 0 aliphatic carbocycles. The first-order valence-corrected chi connectivity index (χ1v) is 6.16. The third-order valence-corrected chi connectivity index (χ3v) is 2.87. The van der Waals surface area contributed by atoms with Gasteiger partial charge in [-0.15, -0.1) is 0 Å². The molecule has 0 aliphatic rings. The number of aliphatic hydroxyl groups is 1. The van der Waals surface area contributed by atoms with Gasteiger partial charge in [0.2, 0.25) is 0 Å². The van der Waals surface area contributed by atoms with Crippen LogP contribution in [0.1, 0.15) is 24.9 Å². The highest BCUT2D eigenvalue weighted by molar-refractivity contribution is 5.18.